The number of amides is 1. The molecule has 3 heterocycles. The number of aromatic nitrogens is 4. The number of anilines is 1. The number of fused-ring (bicyclic) bond motifs is 1. The number of nitrogens with zero attached hydrogens (tertiary/aromatic N) is 4. The molecular formula is C18H20ClN5O3. The Morgan fingerprint density at radius 2 is 1.96 bits per heavy atom. The Kier molecular flexibility index (Phi) is 4.93. The van der Waals surface area contributed by atoms with E-state index in [9.17, 15) is 4.79 Å². The maximum Gasteiger partial charge on any atom is 0.413 e. The number of hydrogen-bond acceptors (Lipinski definition) is 6. The van der Waals surface area contributed by atoms with E-state index in [0.717, 1.165) is 16.7 Å². The van der Waals surface area contributed by atoms with Crippen molar-refractivity contribution < 1.29 is 14.3 Å². The monoisotopic (exact) mass is 389 g/mol. The smallest absolute Gasteiger partial charge is 0.413 e. The number of pyridine rings is 2. The summed E-state index contributed by atoms with van der Waals surface area (Å²) in [6, 6.07) is 4.92. The fraction of sp³-hybridized carbons (Fsp3) is 0.333. The number of hydrogen-bond donors (Lipinski definition) is 1. The number of nitrogens with one attached hydrogen (secondary N) is 1. The summed E-state index contributed by atoms with van der Waals surface area (Å²) in [5, 5.41) is 7.05. The van der Waals surface area contributed by atoms with Gasteiger partial charge in [0.05, 0.1) is 17.4 Å². The van der Waals surface area contributed by atoms with E-state index in [-0.39, 0.29) is 11.0 Å². The molecule has 0 saturated heterocycles. The maximum atomic E-state index is 11.9. The second kappa shape index (κ2) is 7.03. The van der Waals surface area contributed by atoms with E-state index < -0.39 is 11.7 Å². The van der Waals surface area contributed by atoms with Gasteiger partial charge < -0.3 is 9.47 Å². The molecule has 0 aliphatic carbocycles. The zero-order valence-electron chi connectivity index (χ0n) is 15.7. The van der Waals surface area contributed by atoms with Crippen molar-refractivity contribution in [2.75, 3.05) is 5.32 Å². The van der Waals surface area contributed by atoms with E-state index >= 15 is 0 Å². The Hall–Kier alpha value is -2.87. The Morgan fingerprint density at radius 1 is 1.22 bits per heavy atom. The lowest BCUT2D eigenvalue weighted by Gasteiger charge is -2.19. The van der Waals surface area contributed by atoms with Gasteiger partial charge in [-0.15, -0.1) is 0 Å². The lowest BCUT2D eigenvalue weighted by atomic mass is 10.2. The topological polar surface area (TPSA) is 91.2 Å². The van der Waals surface area contributed by atoms with Crippen LogP contribution < -0.4 is 10.1 Å². The van der Waals surface area contributed by atoms with E-state index in [4.69, 9.17) is 21.1 Å². The fourth-order valence-corrected chi connectivity index (χ4v) is 2.68. The molecule has 1 amide bonds. The van der Waals surface area contributed by atoms with E-state index in [1.807, 2.05) is 20.0 Å². The first-order valence-corrected chi connectivity index (χ1v) is 8.63. The fourth-order valence-electron chi connectivity index (χ4n) is 2.48. The molecule has 0 saturated carbocycles. The molecule has 27 heavy (non-hydrogen) atoms. The third-order valence-electron chi connectivity index (χ3n) is 3.47. The number of ether oxygens (including phenoxy) is 2. The SMILES string of the molecule is Cc1nn(C)c2cc(Oc3cc(Cl)nc(NC(=O)OC(C)(C)C)c3)cnc12. The van der Waals surface area contributed by atoms with Crippen LogP contribution in [0.15, 0.2) is 24.4 Å². The van der Waals surface area contributed by atoms with Crippen molar-refractivity contribution >= 4 is 34.5 Å². The number of rotatable bonds is 3. The Labute approximate surface area is 161 Å². The van der Waals surface area contributed by atoms with Crippen LogP contribution in [-0.4, -0.2) is 31.4 Å². The average Bonchev–Trinajstić information content (AvgIpc) is 2.79. The van der Waals surface area contributed by atoms with Gasteiger partial charge in [0.15, 0.2) is 0 Å². The molecule has 0 radical (unpaired) electrons. The van der Waals surface area contributed by atoms with Crippen molar-refractivity contribution in [1.82, 2.24) is 19.7 Å². The van der Waals surface area contributed by atoms with Crippen molar-refractivity contribution in [3.63, 3.8) is 0 Å². The first kappa shape index (κ1) is 18.9. The van der Waals surface area contributed by atoms with Crippen LogP contribution in [0.25, 0.3) is 11.0 Å². The summed E-state index contributed by atoms with van der Waals surface area (Å²) in [4.78, 5) is 20.4. The molecule has 0 unspecified atom stereocenters. The van der Waals surface area contributed by atoms with Gasteiger partial charge in [-0.3, -0.25) is 10.00 Å². The molecular weight excluding hydrogens is 370 g/mol. The number of aryl methyl sites for hydroxylation is 2. The van der Waals surface area contributed by atoms with Crippen LogP contribution in [-0.2, 0) is 11.8 Å². The van der Waals surface area contributed by atoms with Gasteiger partial charge >= 0.3 is 6.09 Å². The second-order valence-electron chi connectivity index (χ2n) is 6.99. The lowest BCUT2D eigenvalue weighted by Crippen LogP contribution is -2.27. The molecule has 0 fully saturated rings. The third-order valence-corrected chi connectivity index (χ3v) is 3.66. The van der Waals surface area contributed by atoms with Gasteiger partial charge in [-0.25, -0.2) is 14.8 Å². The first-order chi connectivity index (χ1) is 12.6. The molecule has 3 rings (SSSR count). The minimum atomic E-state index is -0.628. The van der Waals surface area contributed by atoms with Crippen molar-refractivity contribution in [2.45, 2.75) is 33.3 Å². The van der Waals surface area contributed by atoms with Crippen LogP contribution in [0.2, 0.25) is 5.15 Å². The number of carbonyl (C=O) groups excluding carboxylic acids is 1. The number of carbonyl (C=O) groups is 1. The molecule has 0 atom stereocenters. The van der Waals surface area contributed by atoms with Crippen LogP contribution in [0.5, 0.6) is 11.5 Å². The Morgan fingerprint density at radius 3 is 2.67 bits per heavy atom. The van der Waals surface area contributed by atoms with Crippen LogP contribution in [0, 0.1) is 6.92 Å². The molecule has 0 aliphatic rings. The predicted octanol–water partition coefficient (Wildman–Crippen LogP) is 4.46. The summed E-state index contributed by atoms with van der Waals surface area (Å²) in [7, 11) is 1.84. The summed E-state index contributed by atoms with van der Waals surface area (Å²) < 4.78 is 12.8. The largest absolute Gasteiger partial charge is 0.455 e. The van der Waals surface area contributed by atoms with Gasteiger partial charge in [0.1, 0.15) is 33.6 Å². The third kappa shape index (κ3) is 4.65. The predicted molar refractivity (Wildman–Crippen MR) is 102 cm³/mol. The molecule has 0 aliphatic heterocycles. The minimum absolute atomic E-state index is 0.170. The normalized spacial score (nSPS) is 11.5. The summed E-state index contributed by atoms with van der Waals surface area (Å²) in [5.74, 6) is 1.13. The van der Waals surface area contributed by atoms with Gasteiger partial charge in [0.25, 0.3) is 0 Å². The average molecular weight is 390 g/mol. The summed E-state index contributed by atoms with van der Waals surface area (Å²) in [5.41, 5.74) is 1.88. The molecule has 0 bridgehead atoms. The van der Waals surface area contributed by atoms with E-state index in [1.54, 1.807) is 43.8 Å². The van der Waals surface area contributed by atoms with Gasteiger partial charge in [-0.2, -0.15) is 5.10 Å². The van der Waals surface area contributed by atoms with Crippen LogP contribution in [0.4, 0.5) is 10.6 Å². The molecule has 0 spiro atoms. The van der Waals surface area contributed by atoms with Gasteiger partial charge in [-0.1, -0.05) is 11.6 Å². The van der Waals surface area contributed by atoms with Crippen molar-refractivity contribution in [3.05, 3.63) is 35.2 Å². The van der Waals surface area contributed by atoms with Crippen molar-refractivity contribution in [3.8, 4) is 11.5 Å². The molecule has 142 valence electrons. The Bertz CT molecular complexity index is 1010. The lowest BCUT2D eigenvalue weighted by molar-refractivity contribution is 0.0635. The molecule has 9 heteroatoms. The highest BCUT2D eigenvalue weighted by atomic mass is 35.5. The summed E-state index contributed by atoms with van der Waals surface area (Å²) >= 11 is 6.04. The molecule has 0 aromatic carbocycles. The molecule has 3 aromatic heterocycles. The minimum Gasteiger partial charge on any atom is -0.455 e. The first-order valence-electron chi connectivity index (χ1n) is 8.25. The van der Waals surface area contributed by atoms with E-state index in [2.05, 4.69) is 20.4 Å². The van der Waals surface area contributed by atoms with Crippen molar-refractivity contribution in [2.24, 2.45) is 7.05 Å². The molecule has 3 aromatic rings. The highest BCUT2D eigenvalue weighted by Gasteiger charge is 2.17. The van der Waals surface area contributed by atoms with E-state index in [1.165, 1.54) is 0 Å². The Balaban J connectivity index is 1.82. The highest BCUT2D eigenvalue weighted by molar-refractivity contribution is 6.29. The highest BCUT2D eigenvalue weighted by Crippen LogP contribution is 2.28. The zero-order valence-corrected chi connectivity index (χ0v) is 16.5. The van der Waals surface area contributed by atoms with Gasteiger partial charge in [-0.05, 0) is 27.7 Å². The molecule has 1 N–H and O–H groups in total. The quantitative estimate of drug-likeness (QED) is 0.665. The van der Waals surface area contributed by atoms with E-state index in [0.29, 0.717) is 11.5 Å². The van der Waals surface area contributed by atoms with Gasteiger partial charge in [0, 0.05) is 25.2 Å². The standard InChI is InChI=1S/C18H20ClN5O3/c1-10-16-13(24(5)23-10)6-12(9-20-16)26-11-7-14(19)21-15(8-11)22-17(25)27-18(2,3)4/h6-9H,1-5H3,(H,21,22,25). The van der Waals surface area contributed by atoms with Gasteiger partial charge in [0.2, 0.25) is 0 Å². The maximum absolute atomic E-state index is 11.9. The summed E-state index contributed by atoms with van der Waals surface area (Å²) in [6.45, 7) is 7.22. The zero-order chi connectivity index (χ0) is 19.8. The molecule has 8 nitrogen and oxygen atoms in total. The van der Waals surface area contributed by atoms with Crippen LogP contribution >= 0.6 is 11.6 Å². The summed E-state index contributed by atoms with van der Waals surface area (Å²) in [6.07, 6.45) is 0.975. The van der Waals surface area contributed by atoms with Crippen molar-refractivity contribution in [1.29, 1.82) is 0 Å². The second-order valence-corrected chi connectivity index (χ2v) is 7.37. The number of halogens is 1. The van der Waals surface area contributed by atoms with Crippen LogP contribution in [0.3, 0.4) is 0 Å². The van der Waals surface area contributed by atoms with Crippen LogP contribution in [0.1, 0.15) is 26.5 Å².